The average molecular weight is 366 g/mol. The fourth-order valence-corrected chi connectivity index (χ4v) is 2.51. The van der Waals surface area contributed by atoms with Crippen molar-refractivity contribution in [1.29, 1.82) is 0 Å². The molecule has 7 nitrogen and oxygen atoms in total. The summed E-state index contributed by atoms with van der Waals surface area (Å²) in [5, 5.41) is 3.23. The predicted octanol–water partition coefficient (Wildman–Crippen LogP) is 3.22. The maximum absolute atomic E-state index is 5.21. The quantitative estimate of drug-likeness (QED) is 0.656. The van der Waals surface area contributed by atoms with Crippen molar-refractivity contribution >= 4 is 5.95 Å². The SMILES string of the molecule is COc1ccc(CCNc2nc(OC)nc(-c3ccc(OC)cc3)n2)cc1. The van der Waals surface area contributed by atoms with E-state index in [2.05, 4.69) is 20.3 Å². The molecule has 0 unspecified atom stereocenters. The minimum atomic E-state index is 0.266. The summed E-state index contributed by atoms with van der Waals surface area (Å²) in [4.78, 5) is 13.1. The predicted molar refractivity (Wildman–Crippen MR) is 104 cm³/mol. The number of nitrogens with one attached hydrogen (secondary N) is 1. The molecule has 0 fully saturated rings. The van der Waals surface area contributed by atoms with Gasteiger partial charge in [0.2, 0.25) is 5.95 Å². The molecule has 0 saturated carbocycles. The smallest absolute Gasteiger partial charge is 0.321 e. The fraction of sp³-hybridized carbons (Fsp3) is 0.250. The third-order valence-electron chi connectivity index (χ3n) is 4.00. The zero-order valence-corrected chi connectivity index (χ0v) is 15.6. The van der Waals surface area contributed by atoms with E-state index in [0.29, 0.717) is 18.3 Å². The van der Waals surface area contributed by atoms with Crippen LogP contribution in [0.5, 0.6) is 17.5 Å². The van der Waals surface area contributed by atoms with Gasteiger partial charge < -0.3 is 19.5 Å². The van der Waals surface area contributed by atoms with Crippen LogP contribution in [0.3, 0.4) is 0 Å². The molecule has 3 aromatic rings. The molecule has 1 aromatic heterocycles. The highest BCUT2D eigenvalue weighted by Crippen LogP contribution is 2.21. The van der Waals surface area contributed by atoms with Gasteiger partial charge in [0.05, 0.1) is 21.3 Å². The second-order valence-corrected chi connectivity index (χ2v) is 5.72. The lowest BCUT2D eigenvalue weighted by Crippen LogP contribution is -2.10. The van der Waals surface area contributed by atoms with Crippen LogP contribution in [0.15, 0.2) is 48.5 Å². The van der Waals surface area contributed by atoms with Gasteiger partial charge in [-0.3, -0.25) is 0 Å². The molecule has 0 aliphatic rings. The molecule has 1 N–H and O–H groups in total. The van der Waals surface area contributed by atoms with Crippen LogP contribution in [-0.4, -0.2) is 42.8 Å². The number of hydrogen-bond acceptors (Lipinski definition) is 7. The van der Waals surface area contributed by atoms with Crippen molar-refractivity contribution in [3.63, 3.8) is 0 Å². The van der Waals surface area contributed by atoms with Crippen molar-refractivity contribution < 1.29 is 14.2 Å². The molecule has 0 aliphatic carbocycles. The summed E-state index contributed by atoms with van der Waals surface area (Å²) < 4.78 is 15.6. The lowest BCUT2D eigenvalue weighted by Gasteiger charge is -2.09. The monoisotopic (exact) mass is 366 g/mol. The molecular weight excluding hydrogens is 344 g/mol. The standard InChI is InChI=1S/C20H22N4O3/c1-25-16-8-4-14(5-9-16)12-13-21-19-22-18(23-20(24-19)27-3)15-6-10-17(26-2)11-7-15/h4-11H,12-13H2,1-3H3,(H,21,22,23,24). The third-order valence-corrected chi connectivity index (χ3v) is 4.00. The fourth-order valence-electron chi connectivity index (χ4n) is 2.51. The molecule has 0 aliphatic heterocycles. The number of rotatable bonds is 8. The Balaban J connectivity index is 1.70. The first kappa shape index (κ1) is 18.4. The summed E-state index contributed by atoms with van der Waals surface area (Å²) in [6.07, 6.45) is 0.829. The third kappa shape index (κ3) is 4.84. The molecule has 0 radical (unpaired) electrons. The number of benzene rings is 2. The number of methoxy groups -OCH3 is 3. The summed E-state index contributed by atoms with van der Waals surface area (Å²) in [6, 6.07) is 15.8. The molecule has 140 valence electrons. The summed E-state index contributed by atoms with van der Waals surface area (Å²) in [7, 11) is 4.82. The van der Waals surface area contributed by atoms with Gasteiger partial charge >= 0.3 is 6.01 Å². The average Bonchev–Trinajstić information content (AvgIpc) is 2.74. The highest BCUT2D eigenvalue weighted by Gasteiger charge is 2.09. The molecule has 27 heavy (non-hydrogen) atoms. The summed E-state index contributed by atoms with van der Waals surface area (Å²) in [5.74, 6) is 2.63. The van der Waals surface area contributed by atoms with Gasteiger partial charge in [-0.2, -0.15) is 15.0 Å². The first-order valence-electron chi connectivity index (χ1n) is 8.53. The van der Waals surface area contributed by atoms with Crippen LogP contribution in [0.1, 0.15) is 5.56 Å². The molecule has 3 rings (SSSR count). The topological polar surface area (TPSA) is 78.4 Å². The van der Waals surface area contributed by atoms with Crippen LogP contribution >= 0.6 is 0 Å². The van der Waals surface area contributed by atoms with Crippen molar-refractivity contribution in [2.24, 2.45) is 0 Å². The van der Waals surface area contributed by atoms with E-state index in [1.54, 1.807) is 14.2 Å². The van der Waals surface area contributed by atoms with E-state index in [1.807, 2.05) is 48.5 Å². The molecule has 0 saturated heterocycles. The molecule has 0 bridgehead atoms. The Morgan fingerprint density at radius 3 is 1.96 bits per heavy atom. The maximum atomic E-state index is 5.21. The zero-order valence-electron chi connectivity index (χ0n) is 15.6. The lowest BCUT2D eigenvalue weighted by atomic mass is 10.1. The Morgan fingerprint density at radius 2 is 1.37 bits per heavy atom. The second-order valence-electron chi connectivity index (χ2n) is 5.72. The molecule has 7 heteroatoms. The summed E-state index contributed by atoms with van der Waals surface area (Å²) in [6.45, 7) is 0.682. The van der Waals surface area contributed by atoms with Crippen LogP contribution in [0, 0.1) is 0 Å². The van der Waals surface area contributed by atoms with Crippen molar-refractivity contribution in [2.75, 3.05) is 33.2 Å². The van der Waals surface area contributed by atoms with Gasteiger partial charge in [0.15, 0.2) is 5.82 Å². The number of aromatic nitrogens is 3. The number of hydrogen-bond donors (Lipinski definition) is 1. The van der Waals surface area contributed by atoms with Crippen LogP contribution < -0.4 is 19.5 Å². The van der Waals surface area contributed by atoms with E-state index in [4.69, 9.17) is 14.2 Å². The number of anilines is 1. The van der Waals surface area contributed by atoms with E-state index in [9.17, 15) is 0 Å². The summed E-state index contributed by atoms with van der Waals surface area (Å²) in [5.41, 5.74) is 2.05. The number of nitrogens with zero attached hydrogens (tertiary/aromatic N) is 3. The molecule has 1 heterocycles. The highest BCUT2D eigenvalue weighted by atomic mass is 16.5. The second kappa shape index (κ2) is 8.84. The van der Waals surface area contributed by atoms with E-state index in [1.165, 1.54) is 12.7 Å². The van der Waals surface area contributed by atoms with Crippen LogP contribution in [0.4, 0.5) is 5.95 Å². The van der Waals surface area contributed by atoms with Gasteiger partial charge in [-0.05, 0) is 48.4 Å². The summed E-state index contributed by atoms with van der Waals surface area (Å²) >= 11 is 0. The van der Waals surface area contributed by atoms with Gasteiger partial charge in [-0.1, -0.05) is 12.1 Å². The Labute approximate surface area is 158 Å². The number of ether oxygens (including phenoxy) is 3. The van der Waals surface area contributed by atoms with E-state index >= 15 is 0 Å². The van der Waals surface area contributed by atoms with Gasteiger partial charge in [0.1, 0.15) is 11.5 Å². The van der Waals surface area contributed by atoms with Crippen molar-refractivity contribution in [2.45, 2.75) is 6.42 Å². The van der Waals surface area contributed by atoms with Crippen LogP contribution in [0.25, 0.3) is 11.4 Å². The van der Waals surface area contributed by atoms with Gasteiger partial charge in [-0.15, -0.1) is 0 Å². The first-order chi connectivity index (χ1) is 13.2. The normalized spacial score (nSPS) is 10.3. The Morgan fingerprint density at radius 1 is 0.741 bits per heavy atom. The molecule has 2 aromatic carbocycles. The van der Waals surface area contributed by atoms with Crippen molar-refractivity contribution in [3.05, 3.63) is 54.1 Å². The van der Waals surface area contributed by atoms with Crippen molar-refractivity contribution in [3.8, 4) is 28.9 Å². The molecule has 0 spiro atoms. The van der Waals surface area contributed by atoms with Crippen LogP contribution in [-0.2, 0) is 6.42 Å². The Kier molecular flexibility index (Phi) is 6.04. The first-order valence-corrected chi connectivity index (χ1v) is 8.53. The Bertz CT molecular complexity index is 867. The minimum Gasteiger partial charge on any atom is -0.497 e. The van der Waals surface area contributed by atoms with Gasteiger partial charge in [-0.25, -0.2) is 0 Å². The van der Waals surface area contributed by atoms with E-state index in [-0.39, 0.29) is 6.01 Å². The minimum absolute atomic E-state index is 0.266. The highest BCUT2D eigenvalue weighted by molar-refractivity contribution is 5.57. The van der Waals surface area contributed by atoms with E-state index < -0.39 is 0 Å². The molecule has 0 amide bonds. The van der Waals surface area contributed by atoms with Crippen molar-refractivity contribution in [1.82, 2.24) is 15.0 Å². The molecule has 0 atom stereocenters. The van der Waals surface area contributed by atoms with Crippen LogP contribution in [0.2, 0.25) is 0 Å². The Hall–Kier alpha value is -3.35. The maximum Gasteiger partial charge on any atom is 0.321 e. The van der Waals surface area contributed by atoms with E-state index in [0.717, 1.165) is 23.5 Å². The molecular formula is C20H22N4O3. The zero-order chi connectivity index (χ0) is 19.1. The van der Waals surface area contributed by atoms with Gasteiger partial charge in [0.25, 0.3) is 0 Å². The lowest BCUT2D eigenvalue weighted by molar-refractivity contribution is 0.379. The van der Waals surface area contributed by atoms with Gasteiger partial charge in [0, 0.05) is 12.1 Å². The largest absolute Gasteiger partial charge is 0.497 e.